The summed E-state index contributed by atoms with van der Waals surface area (Å²) in [5.41, 5.74) is 0.677. The summed E-state index contributed by atoms with van der Waals surface area (Å²) in [5, 5.41) is 2.37. The van der Waals surface area contributed by atoms with E-state index >= 15 is 0 Å². The van der Waals surface area contributed by atoms with Gasteiger partial charge in [-0.2, -0.15) is 0 Å². The maximum absolute atomic E-state index is 12.8. The quantitative estimate of drug-likeness (QED) is 0.660. The van der Waals surface area contributed by atoms with Crippen LogP contribution >= 0.6 is 0 Å². The molecule has 33 heavy (non-hydrogen) atoms. The molecule has 9 nitrogen and oxygen atoms in total. The van der Waals surface area contributed by atoms with Gasteiger partial charge in [0.25, 0.3) is 21.8 Å². The van der Waals surface area contributed by atoms with Gasteiger partial charge in [0.15, 0.2) is 5.76 Å². The second-order valence-electron chi connectivity index (χ2n) is 9.32. The molecule has 0 bridgehead atoms. The summed E-state index contributed by atoms with van der Waals surface area (Å²) >= 11 is 0. The first-order valence-corrected chi connectivity index (χ1v) is 12.3. The SMILES string of the molecule is CC1CN(C(=O)c2ccc(CNC(=O)c3ccc(S(=O)(=O)NC(C)(C)C)o3)cc2)CC(C)O1. The van der Waals surface area contributed by atoms with Crippen molar-refractivity contribution in [3.8, 4) is 0 Å². The van der Waals surface area contributed by atoms with E-state index in [4.69, 9.17) is 9.15 Å². The predicted molar refractivity (Wildman–Crippen MR) is 122 cm³/mol. The first kappa shape index (κ1) is 24.9. The maximum Gasteiger partial charge on any atom is 0.287 e. The van der Waals surface area contributed by atoms with Gasteiger partial charge in [-0.3, -0.25) is 9.59 Å². The average Bonchev–Trinajstić information content (AvgIpc) is 3.21. The van der Waals surface area contributed by atoms with Crippen molar-refractivity contribution in [2.75, 3.05) is 13.1 Å². The molecule has 1 fully saturated rings. The Morgan fingerprint density at radius 3 is 2.21 bits per heavy atom. The molecule has 2 unspecified atom stereocenters. The Hall–Kier alpha value is -2.69. The monoisotopic (exact) mass is 477 g/mol. The highest BCUT2D eigenvalue weighted by Gasteiger charge is 2.27. The van der Waals surface area contributed by atoms with E-state index in [9.17, 15) is 18.0 Å². The molecule has 2 heterocycles. The molecule has 0 saturated carbocycles. The molecule has 1 aromatic carbocycles. The van der Waals surface area contributed by atoms with Crippen molar-refractivity contribution in [1.29, 1.82) is 0 Å². The molecule has 3 rings (SSSR count). The normalized spacial score (nSPS) is 19.4. The maximum atomic E-state index is 12.8. The van der Waals surface area contributed by atoms with Gasteiger partial charge in [-0.1, -0.05) is 12.1 Å². The smallest absolute Gasteiger partial charge is 0.287 e. The standard InChI is InChI=1S/C23H31N3O6S/c1-15-13-26(14-16(2)31-15)22(28)18-8-6-17(7-9-18)12-24-21(27)19-10-11-20(32-19)33(29,30)25-23(3,4)5/h6-11,15-16,25H,12-14H2,1-5H3,(H,24,27). The predicted octanol–water partition coefficient (Wildman–Crippen LogP) is 2.54. The van der Waals surface area contributed by atoms with Gasteiger partial charge in [0, 0.05) is 30.7 Å². The molecular weight excluding hydrogens is 446 g/mol. The summed E-state index contributed by atoms with van der Waals surface area (Å²) in [6, 6.07) is 9.56. The van der Waals surface area contributed by atoms with Gasteiger partial charge in [0.05, 0.1) is 12.2 Å². The third-order valence-electron chi connectivity index (χ3n) is 4.87. The fourth-order valence-corrected chi connectivity index (χ4v) is 4.95. The van der Waals surface area contributed by atoms with E-state index in [-0.39, 0.29) is 35.5 Å². The molecule has 180 valence electrons. The van der Waals surface area contributed by atoms with E-state index in [2.05, 4.69) is 10.0 Å². The number of sulfonamides is 1. The third-order valence-corrected chi connectivity index (χ3v) is 6.50. The number of ether oxygens (including phenoxy) is 1. The minimum absolute atomic E-state index is 0.00599. The van der Waals surface area contributed by atoms with Crippen LogP contribution in [0.15, 0.2) is 45.9 Å². The zero-order valence-electron chi connectivity index (χ0n) is 19.5. The van der Waals surface area contributed by atoms with Crippen molar-refractivity contribution in [1.82, 2.24) is 14.9 Å². The van der Waals surface area contributed by atoms with Crippen LogP contribution in [0.2, 0.25) is 0 Å². The zero-order valence-corrected chi connectivity index (χ0v) is 20.4. The fourth-order valence-electron chi connectivity index (χ4n) is 3.60. The van der Waals surface area contributed by atoms with E-state index in [0.717, 1.165) is 5.56 Å². The van der Waals surface area contributed by atoms with Crippen molar-refractivity contribution in [2.45, 2.75) is 64.0 Å². The van der Waals surface area contributed by atoms with Crippen molar-refractivity contribution in [3.05, 3.63) is 53.3 Å². The Bertz CT molecular complexity index is 1090. The topological polar surface area (TPSA) is 118 Å². The van der Waals surface area contributed by atoms with Gasteiger partial charge >= 0.3 is 0 Å². The van der Waals surface area contributed by atoms with Crippen molar-refractivity contribution < 1.29 is 27.2 Å². The second-order valence-corrected chi connectivity index (χ2v) is 10.9. The molecule has 2 atom stereocenters. The molecule has 1 aromatic heterocycles. The second kappa shape index (κ2) is 9.66. The highest BCUT2D eigenvalue weighted by molar-refractivity contribution is 7.89. The van der Waals surface area contributed by atoms with Gasteiger partial charge in [-0.25, -0.2) is 13.1 Å². The number of morpholine rings is 1. The van der Waals surface area contributed by atoms with Crippen molar-refractivity contribution in [3.63, 3.8) is 0 Å². The molecule has 1 aliphatic heterocycles. The number of nitrogens with zero attached hydrogens (tertiary/aromatic N) is 1. The number of carbonyl (C=O) groups excluding carboxylic acids is 2. The Kier molecular flexibility index (Phi) is 7.30. The molecular formula is C23H31N3O6S. The molecule has 1 saturated heterocycles. The van der Waals surface area contributed by atoms with Crippen LogP contribution in [0.1, 0.15) is 61.1 Å². The number of furan rings is 1. The lowest BCUT2D eigenvalue weighted by molar-refractivity contribution is -0.0586. The van der Waals surface area contributed by atoms with Crippen molar-refractivity contribution >= 4 is 21.8 Å². The lowest BCUT2D eigenvalue weighted by Gasteiger charge is -2.35. The van der Waals surface area contributed by atoms with Gasteiger partial charge in [0.2, 0.25) is 5.09 Å². The molecule has 10 heteroatoms. The Balaban J connectivity index is 1.58. The van der Waals surface area contributed by atoms with Crippen LogP contribution in [0.3, 0.4) is 0 Å². The summed E-state index contributed by atoms with van der Waals surface area (Å²) in [6.45, 7) is 10.3. The van der Waals surface area contributed by atoms with E-state index in [1.54, 1.807) is 49.9 Å². The number of amides is 2. The largest absolute Gasteiger partial charge is 0.438 e. The molecule has 2 aromatic rings. The fraction of sp³-hybridized carbons (Fsp3) is 0.478. The zero-order chi connectivity index (χ0) is 24.4. The minimum atomic E-state index is -3.87. The van der Waals surface area contributed by atoms with E-state index in [1.165, 1.54) is 12.1 Å². The van der Waals surface area contributed by atoms with Gasteiger partial charge in [-0.05, 0) is 64.4 Å². The number of hydrogen-bond acceptors (Lipinski definition) is 6. The lowest BCUT2D eigenvalue weighted by Crippen LogP contribution is -2.48. The molecule has 0 radical (unpaired) electrons. The first-order chi connectivity index (χ1) is 15.3. The van der Waals surface area contributed by atoms with E-state index in [1.807, 2.05) is 13.8 Å². The van der Waals surface area contributed by atoms with Gasteiger partial charge in [0.1, 0.15) is 0 Å². The number of benzene rings is 1. The number of rotatable bonds is 6. The van der Waals surface area contributed by atoms with Crippen LogP contribution in [0, 0.1) is 0 Å². The van der Waals surface area contributed by atoms with E-state index < -0.39 is 21.5 Å². The lowest BCUT2D eigenvalue weighted by atomic mass is 10.1. The van der Waals surface area contributed by atoms with Crippen LogP contribution in [0.4, 0.5) is 0 Å². The Morgan fingerprint density at radius 2 is 1.64 bits per heavy atom. The summed E-state index contributed by atoms with van der Waals surface area (Å²) in [4.78, 5) is 26.9. The number of carbonyl (C=O) groups is 2. The van der Waals surface area contributed by atoms with Crippen LogP contribution in [-0.2, 0) is 21.3 Å². The Labute approximate surface area is 194 Å². The average molecular weight is 478 g/mol. The van der Waals surface area contributed by atoms with E-state index in [0.29, 0.717) is 18.7 Å². The highest BCUT2D eigenvalue weighted by atomic mass is 32.2. The molecule has 0 aliphatic carbocycles. The van der Waals surface area contributed by atoms with Crippen LogP contribution in [0.25, 0.3) is 0 Å². The van der Waals surface area contributed by atoms with Crippen LogP contribution in [0.5, 0.6) is 0 Å². The highest BCUT2D eigenvalue weighted by Crippen LogP contribution is 2.17. The molecule has 1 aliphatic rings. The summed E-state index contributed by atoms with van der Waals surface area (Å²) in [6.07, 6.45) is -0.0120. The summed E-state index contributed by atoms with van der Waals surface area (Å²) in [5.74, 6) is -0.698. The summed E-state index contributed by atoms with van der Waals surface area (Å²) in [7, 11) is -3.87. The van der Waals surface area contributed by atoms with Gasteiger partial charge < -0.3 is 19.4 Å². The minimum Gasteiger partial charge on any atom is -0.438 e. The number of hydrogen-bond donors (Lipinski definition) is 2. The summed E-state index contributed by atoms with van der Waals surface area (Å²) < 4.78 is 38.1. The molecule has 2 amide bonds. The first-order valence-electron chi connectivity index (χ1n) is 10.8. The third kappa shape index (κ3) is 6.66. The molecule has 2 N–H and O–H groups in total. The van der Waals surface area contributed by atoms with Crippen LogP contribution in [-0.4, -0.2) is 56.0 Å². The number of nitrogens with one attached hydrogen (secondary N) is 2. The van der Waals surface area contributed by atoms with Crippen LogP contribution < -0.4 is 10.0 Å². The van der Waals surface area contributed by atoms with Gasteiger partial charge in [-0.15, -0.1) is 0 Å². The van der Waals surface area contributed by atoms with Crippen molar-refractivity contribution in [2.24, 2.45) is 0 Å². The Morgan fingerprint density at radius 1 is 1.03 bits per heavy atom. The molecule has 0 spiro atoms.